The molecule has 0 heterocycles. The molecule has 4 nitrogen and oxygen atoms in total. The summed E-state index contributed by atoms with van der Waals surface area (Å²) in [7, 11) is 0. The maximum atomic E-state index is 13.6. The Morgan fingerprint density at radius 3 is 2.32 bits per heavy atom. The van der Waals surface area contributed by atoms with Gasteiger partial charge in [-0.1, -0.05) is 44.5 Å². The fraction of sp³-hybridized carbons (Fsp3) is 0.263. The molecule has 0 atom stereocenters. The number of esters is 1. The summed E-state index contributed by atoms with van der Waals surface area (Å²) in [4.78, 5) is 23.7. The van der Waals surface area contributed by atoms with Gasteiger partial charge in [0.25, 0.3) is 5.91 Å². The number of benzene rings is 2. The lowest BCUT2D eigenvalue weighted by Gasteiger charge is -2.19. The van der Waals surface area contributed by atoms with Gasteiger partial charge >= 0.3 is 5.97 Å². The van der Waals surface area contributed by atoms with Gasteiger partial charge in [0.15, 0.2) is 6.61 Å². The van der Waals surface area contributed by atoms with Gasteiger partial charge in [0, 0.05) is 10.7 Å². The van der Waals surface area contributed by atoms with Crippen molar-refractivity contribution in [2.75, 3.05) is 11.9 Å². The molecule has 0 bridgehead atoms. The van der Waals surface area contributed by atoms with Gasteiger partial charge in [0.05, 0.1) is 5.56 Å². The van der Waals surface area contributed by atoms with Crippen LogP contribution in [0.3, 0.4) is 0 Å². The third-order valence-corrected chi connectivity index (χ3v) is 3.76. The van der Waals surface area contributed by atoms with Crippen LogP contribution in [0.5, 0.6) is 0 Å². The zero-order chi connectivity index (χ0) is 18.6. The highest BCUT2D eigenvalue weighted by Crippen LogP contribution is 2.23. The Hall–Kier alpha value is -2.40. The summed E-state index contributed by atoms with van der Waals surface area (Å²) in [6.45, 7) is 5.77. The Kier molecular flexibility index (Phi) is 5.80. The minimum absolute atomic E-state index is 0.0146. The van der Waals surface area contributed by atoms with E-state index in [-0.39, 0.29) is 16.0 Å². The predicted molar refractivity (Wildman–Crippen MR) is 95.5 cm³/mol. The summed E-state index contributed by atoms with van der Waals surface area (Å²) in [5, 5.41) is 2.79. The number of carbonyl (C=O) groups is 2. The van der Waals surface area contributed by atoms with E-state index in [1.165, 1.54) is 12.1 Å². The van der Waals surface area contributed by atoms with E-state index < -0.39 is 24.3 Å². The highest BCUT2D eigenvalue weighted by atomic mass is 35.5. The Bertz CT molecular complexity index is 782. The number of carbonyl (C=O) groups excluding carboxylic acids is 2. The molecule has 0 aliphatic heterocycles. The molecule has 0 aliphatic carbocycles. The molecule has 6 heteroatoms. The van der Waals surface area contributed by atoms with Crippen LogP contribution in [0.25, 0.3) is 0 Å². The topological polar surface area (TPSA) is 55.4 Å². The molecule has 0 radical (unpaired) electrons. The summed E-state index contributed by atoms with van der Waals surface area (Å²) >= 11 is 5.62. The SMILES string of the molecule is CC(C)(C)c1ccc(NC(=O)COC(=O)c2ccc(Cl)cc2F)cc1. The molecule has 1 amide bonds. The number of anilines is 1. The van der Waals surface area contributed by atoms with Crippen LogP contribution in [0.2, 0.25) is 5.02 Å². The largest absolute Gasteiger partial charge is 0.452 e. The lowest BCUT2D eigenvalue weighted by atomic mass is 9.87. The minimum Gasteiger partial charge on any atom is -0.452 e. The molecular weight excluding hydrogens is 345 g/mol. The van der Waals surface area contributed by atoms with Crippen LogP contribution in [-0.4, -0.2) is 18.5 Å². The first-order valence-corrected chi connectivity index (χ1v) is 8.07. The van der Waals surface area contributed by atoms with Gasteiger partial charge in [-0.05, 0) is 41.3 Å². The second kappa shape index (κ2) is 7.66. The van der Waals surface area contributed by atoms with Gasteiger partial charge in [0.1, 0.15) is 5.82 Å². The van der Waals surface area contributed by atoms with Gasteiger partial charge in [-0.15, -0.1) is 0 Å². The number of hydrogen-bond donors (Lipinski definition) is 1. The minimum atomic E-state index is -0.924. The molecule has 2 rings (SSSR count). The van der Waals surface area contributed by atoms with Crippen LogP contribution in [0.15, 0.2) is 42.5 Å². The van der Waals surface area contributed by atoms with Crippen LogP contribution in [-0.2, 0) is 14.9 Å². The summed E-state index contributed by atoms with van der Waals surface area (Å²) in [5.41, 5.74) is 1.47. The van der Waals surface area contributed by atoms with Crippen molar-refractivity contribution in [3.8, 4) is 0 Å². The van der Waals surface area contributed by atoms with E-state index in [2.05, 4.69) is 26.1 Å². The Balaban J connectivity index is 1.91. The number of hydrogen-bond acceptors (Lipinski definition) is 3. The van der Waals surface area contributed by atoms with Crippen molar-refractivity contribution in [3.05, 3.63) is 64.4 Å². The van der Waals surface area contributed by atoms with Gasteiger partial charge in [-0.3, -0.25) is 4.79 Å². The normalized spacial score (nSPS) is 11.1. The Labute approximate surface area is 150 Å². The lowest BCUT2D eigenvalue weighted by Crippen LogP contribution is -2.21. The van der Waals surface area contributed by atoms with E-state index in [0.717, 1.165) is 11.6 Å². The van der Waals surface area contributed by atoms with Crippen LogP contribution >= 0.6 is 11.6 Å². The zero-order valence-corrected chi connectivity index (χ0v) is 15.0. The van der Waals surface area contributed by atoms with Gasteiger partial charge in [-0.25, -0.2) is 9.18 Å². The summed E-state index contributed by atoms with van der Waals surface area (Å²) in [6.07, 6.45) is 0. The fourth-order valence-electron chi connectivity index (χ4n) is 2.11. The van der Waals surface area contributed by atoms with Gasteiger partial charge < -0.3 is 10.1 Å². The molecule has 25 heavy (non-hydrogen) atoms. The van der Waals surface area contributed by atoms with Crippen molar-refractivity contribution >= 4 is 29.2 Å². The molecule has 0 unspecified atom stereocenters. The maximum absolute atomic E-state index is 13.6. The van der Waals surface area contributed by atoms with Crippen LogP contribution < -0.4 is 5.32 Å². The second-order valence-electron chi connectivity index (χ2n) is 6.58. The van der Waals surface area contributed by atoms with Crippen molar-refractivity contribution in [2.45, 2.75) is 26.2 Å². The quantitative estimate of drug-likeness (QED) is 0.809. The van der Waals surface area contributed by atoms with Crippen molar-refractivity contribution in [1.29, 1.82) is 0 Å². The number of nitrogens with one attached hydrogen (secondary N) is 1. The molecule has 1 N–H and O–H groups in total. The van der Waals surface area contributed by atoms with E-state index in [1.807, 2.05) is 12.1 Å². The number of amides is 1. The average molecular weight is 364 g/mol. The second-order valence-corrected chi connectivity index (χ2v) is 7.01. The molecule has 0 saturated carbocycles. The first-order chi connectivity index (χ1) is 11.7. The highest BCUT2D eigenvalue weighted by molar-refractivity contribution is 6.30. The van der Waals surface area contributed by atoms with Crippen LogP contribution in [0.1, 0.15) is 36.7 Å². The number of rotatable bonds is 4. The van der Waals surface area contributed by atoms with Crippen LogP contribution in [0.4, 0.5) is 10.1 Å². The van der Waals surface area contributed by atoms with Crippen molar-refractivity contribution in [3.63, 3.8) is 0 Å². The Morgan fingerprint density at radius 1 is 1.12 bits per heavy atom. The van der Waals surface area contributed by atoms with E-state index in [4.69, 9.17) is 16.3 Å². The number of ether oxygens (including phenoxy) is 1. The number of halogens is 2. The summed E-state index contributed by atoms with van der Waals surface area (Å²) in [5.74, 6) is -2.23. The standard InChI is InChI=1S/C19H19ClFNO3/c1-19(2,3)12-4-7-14(8-5-12)22-17(23)11-25-18(24)15-9-6-13(20)10-16(15)21/h4-10H,11H2,1-3H3,(H,22,23). The molecule has 0 aromatic heterocycles. The third kappa shape index (κ3) is 5.29. The lowest BCUT2D eigenvalue weighted by molar-refractivity contribution is -0.119. The van der Waals surface area contributed by atoms with Crippen molar-refractivity contribution in [2.24, 2.45) is 0 Å². The van der Waals surface area contributed by atoms with E-state index >= 15 is 0 Å². The molecule has 0 aliphatic rings. The molecule has 0 saturated heterocycles. The maximum Gasteiger partial charge on any atom is 0.341 e. The average Bonchev–Trinajstić information content (AvgIpc) is 2.52. The highest BCUT2D eigenvalue weighted by Gasteiger charge is 2.16. The molecule has 132 valence electrons. The molecule has 0 fully saturated rings. The molecular formula is C19H19ClFNO3. The van der Waals surface area contributed by atoms with E-state index in [9.17, 15) is 14.0 Å². The molecule has 0 spiro atoms. The van der Waals surface area contributed by atoms with Gasteiger partial charge in [-0.2, -0.15) is 0 Å². The molecule has 2 aromatic carbocycles. The Morgan fingerprint density at radius 2 is 1.76 bits per heavy atom. The third-order valence-electron chi connectivity index (χ3n) is 3.52. The summed E-state index contributed by atoms with van der Waals surface area (Å²) in [6, 6.07) is 11.0. The molecule has 2 aromatic rings. The smallest absolute Gasteiger partial charge is 0.341 e. The van der Waals surface area contributed by atoms with Gasteiger partial charge in [0.2, 0.25) is 0 Å². The monoisotopic (exact) mass is 363 g/mol. The zero-order valence-electron chi connectivity index (χ0n) is 14.2. The van der Waals surface area contributed by atoms with E-state index in [1.54, 1.807) is 12.1 Å². The van der Waals surface area contributed by atoms with Crippen molar-refractivity contribution in [1.82, 2.24) is 0 Å². The summed E-state index contributed by atoms with van der Waals surface area (Å²) < 4.78 is 18.4. The van der Waals surface area contributed by atoms with Crippen molar-refractivity contribution < 1.29 is 18.7 Å². The van der Waals surface area contributed by atoms with E-state index in [0.29, 0.717) is 5.69 Å². The first kappa shape index (κ1) is 18.9. The predicted octanol–water partition coefficient (Wildman–Crippen LogP) is 4.57. The fourth-order valence-corrected chi connectivity index (χ4v) is 2.27. The first-order valence-electron chi connectivity index (χ1n) is 7.69. The van der Waals surface area contributed by atoms with Crippen LogP contribution in [0, 0.1) is 5.82 Å².